The van der Waals surface area contributed by atoms with Gasteiger partial charge in [0.05, 0.1) is 21.7 Å². The molecule has 1 aliphatic rings. The Labute approximate surface area is 179 Å². The third-order valence-electron chi connectivity index (χ3n) is 5.71. The summed E-state index contributed by atoms with van der Waals surface area (Å²) in [5.41, 5.74) is 2.05. The molecule has 9 heteroatoms. The topological polar surface area (TPSA) is 62.2 Å². The maximum Gasteiger partial charge on any atom is 0.416 e. The first kappa shape index (κ1) is 21.5. The summed E-state index contributed by atoms with van der Waals surface area (Å²) >= 11 is 1.37. The van der Waals surface area contributed by atoms with Crippen LogP contribution in [0.15, 0.2) is 42.5 Å². The van der Waals surface area contributed by atoms with Gasteiger partial charge in [0, 0.05) is 24.1 Å². The zero-order valence-corrected chi connectivity index (χ0v) is 17.2. The lowest BCUT2D eigenvalue weighted by Gasteiger charge is -2.28. The standard InChI is InChI=1S/C22H18F4N2O2S/c1-12-15(3-2-4-16(12)23)21(20(29)28-30)10-17-18(11-21)31-19(27-17)9-13-5-7-14(8-6-13)22(24,25)26/h2-8,30H,9-11H2,1H3,(H,28,29). The van der Waals surface area contributed by atoms with Gasteiger partial charge in [0.25, 0.3) is 5.91 Å². The first-order valence-corrected chi connectivity index (χ1v) is 10.3. The predicted octanol–water partition coefficient (Wildman–Crippen LogP) is 4.74. The summed E-state index contributed by atoms with van der Waals surface area (Å²) < 4.78 is 52.4. The maximum atomic E-state index is 14.2. The molecule has 4 rings (SSSR count). The Bertz CT molecular complexity index is 1120. The summed E-state index contributed by atoms with van der Waals surface area (Å²) in [5, 5.41) is 10.1. The van der Waals surface area contributed by atoms with Gasteiger partial charge in [0.2, 0.25) is 0 Å². The number of carbonyl (C=O) groups excluding carboxylic acids is 1. The van der Waals surface area contributed by atoms with E-state index in [2.05, 4.69) is 4.98 Å². The third kappa shape index (κ3) is 3.83. The highest BCUT2D eigenvalue weighted by molar-refractivity contribution is 7.11. The Morgan fingerprint density at radius 3 is 2.52 bits per heavy atom. The molecule has 1 heterocycles. The molecule has 31 heavy (non-hydrogen) atoms. The lowest BCUT2D eigenvalue weighted by atomic mass is 9.75. The number of alkyl halides is 3. The minimum Gasteiger partial charge on any atom is -0.289 e. The number of thiazole rings is 1. The molecule has 1 amide bonds. The molecule has 0 aliphatic heterocycles. The second-order valence-corrected chi connectivity index (χ2v) is 8.81. The zero-order chi connectivity index (χ0) is 22.4. The number of rotatable bonds is 4. The van der Waals surface area contributed by atoms with E-state index in [1.165, 1.54) is 35.6 Å². The molecule has 162 valence electrons. The van der Waals surface area contributed by atoms with Crippen molar-refractivity contribution in [3.05, 3.63) is 86.1 Å². The van der Waals surface area contributed by atoms with Gasteiger partial charge in [-0.2, -0.15) is 13.2 Å². The Kier molecular flexibility index (Phi) is 5.35. The molecule has 1 atom stereocenters. The van der Waals surface area contributed by atoms with E-state index in [0.717, 1.165) is 22.0 Å². The van der Waals surface area contributed by atoms with E-state index in [9.17, 15) is 27.6 Å². The molecular formula is C22H18F4N2O2S. The molecule has 0 saturated heterocycles. The fraction of sp³-hybridized carbons (Fsp3) is 0.273. The third-order valence-corrected chi connectivity index (χ3v) is 6.81. The van der Waals surface area contributed by atoms with Gasteiger partial charge in [-0.05, 0) is 41.8 Å². The van der Waals surface area contributed by atoms with E-state index in [4.69, 9.17) is 0 Å². The van der Waals surface area contributed by atoms with Crippen LogP contribution in [0, 0.1) is 12.7 Å². The Morgan fingerprint density at radius 2 is 1.90 bits per heavy atom. The molecule has 0 spiro atoms. The van der Waals surface area contributed by atoms with Gasteiger partial charge in [-0.3, -0.25) is 10.0 Å². The summed E-state index contributed by atoms with van der Waals surface area (Å²) in [6.45, 7) is 1.59. The van der Waals surface area contributed by atoms with Gasteiger partial charge in [-0.1, -0.05) is 24.3 Å². The highest BCUT2D eigenvalue weighted by Crippen LogP contribution is 2.44. The number of amides is 1. The minimum atomic E-state index is -4.38. The zero-order valence-electron chi connectivity index (χ0n) is 16.4. The monoisotopic (exact) mass is 450 g/mol. The number of nitrogens with one attached hydrogen (secondary N) is 1. The van der Waals surface area contributed by atoms with Crippen molar-refractivity contribution in [2.75, 3.05) is 0 Å². The number of hydroxylamine groups is 1. The number of hydrogen-bond acceptors (Lipinski definition) is 4. The number of halogens is 4. The van der Waals surface area contributed by atoms with Crippen LogP contribution in [0.25, 0.3) is 0 Å². The molecule has 3 aromatic rings. The Morgan fingerprint density at radius 1 is 1.19 bits per heavy atom. The van der Waals surface area contributed by atoms with Crippen molar-refractivity contribution < 1.29 is 27.6 Å². The maximum absolute atomic E-state index is 14.2. The highest BCUT2D eigenvalue weighted by atomic mass is 32.1. The van der Waals surface area contributed by atoms with Crippen LogP contribution in [-0.4, -0.2) is 16.1 Å². The summed E-state index contributed by atoms with van der Waals surface area (Å²) in [6, 6.07) is 9.45. The Balaban J connectivity index is 1.60. The molecular weight excluding hydrogens is 432 g/mol. The molecule has 0 radical (unpaired) electrons. The molecule has 0 fully saturated rings. The highest BCUT2D eigenvalue weighted by Gasteiger charge is 2.48. The SMILES string of the molecule is Cc1c(F)cccc1C1(C(=O)NO)Cc2nc(Cc3ccc(C(F)(F)F)cc3)sc2C1. The van der Waals surface area contributed by atoms with E-state index < -0.39 is 28.9 Å². The second-order valence-electron chi connectivity index (χ2n) is 7.64. The van der Waals surface area contributed by atoms with Crippen molar-refractivity contribution >= 4 is 17.2 Å². The van der Waals surface area contributed by atoms with Crippen molar-refractivity contribution in [3.8, 4) is 0 Å². The molecule has 2 aromatic carbocycles. The molecule has 4 nitrogen and oxygen atoms in total. The first-order valence-electron chi connectivity index (χ1n) is 9.48. The number of hydrogen-bond donors (Lipinski definition) is 2. The van der Waals surface area contributed by atoms with Crippen molar-refractivity contribution in [3.63, 3.8) is 0 Å². The van der Waals surface area contributed by atoms with Gasteiger partial charge in [0.15, 0.2) is 0 Å². The van der Waals surface area contributed by atoms with Gasteiger partial charge < -0.3 is 0 Å². The summed E-state index contributed by atoms with van der Waals surface area (Å²) in [5.74, 6) is -1.07. The van der Waals surface area contributed by atoms with Gasteiger partial charge in [0.1, 0.15) is 5.82 Å². The largest absolute Gasteiger partial charge is 0.416 e. The van der Waals surface area contributed by atoms with Gasteiger partial charge in [-0.15, -0.1) is 11.3 Å². The van der Waals surface area contributed by atoms with Crippen molar-refractivity contribution in [1.82, 2.24) is 10.5 Å². The summed E-state index contributed by atoms with van der Waals surface area (Å²) in [4.78, 5) is 18.1. The van der Waals surface area contributed by atoms with Crippen LogP contribution >= 0.6 is 11.3 Å². The Hall–Kier alpha value is -2.78. The summed E-state index contributed by atoms with van der Waals surface area (Å²) in [7, 11) is 0. The van der Waals surface area contributed by atoms with Crippen LogP contribution in [-0.2, 0) is 35.6 Å². The van der Waals surface area contributed by atoms with Crippen molar-refractivity contribution in [2.45, 2.75) is 37.8 Å². The smallest absolute Gasteiger partial charge is 0.289 e. The average molecular weight is 450 g/mol. The summed E-state index contributed by atoms with van der Waals surface area (Å²) in [6.07, 6.45) is -3.56. The van der Waals surface area contributed by atoms with E-state index in [0.29, 0.717) is 28.8 Å². The van der Waals surface area contributed by atoms with Crippen LogP contribution in [0.5, 0.6) is 0 Å². The van der Waals surface area contributed by atoms with Crippen LogP contribution in [0.4, 0.5) is 17.6 Å². The fourth-order valence-electron chi connectivity index (χ4n) is 4.10. The van der Waals surface area contributed by atoms with E-state index in [1.54, 1.807) is 18.5 Å². The molecule has 1 aromatic heterocycles. The number of nitrogens with zero attached hydrogens (tertiary/aromatic N) is 1. The number of aromatic nitrogens is 1. The molecule has 1 unspecified atom stereocenters. The van der Waals surface area contributed by atoms with E-state index in [1.807, 2.05) is 0 Å². The first-order chi connectivity index (χ1) is 14.6. The lowest BCUT2D eigenvalue weighted by molar-refractivity contribution is -0.137. The number of benzene rings is 2. The van der Waals surface area contributed by atoms with Crippen molar-refractivity contribution in [1.29, 1.82) is 0 Å². The molecule has 0 bridgehead atoms. The fourth-order valence-corrected chi connectivity index (χ4v) is 5.34. The van der Waals surface area contributed by atoms with E-state index in [-0.39, 0.29) is 12.8 Å². The predicted molar refractivity (Wildman–Crippen MR) is 107 cm³/mol. The number of fused-ring (bicyclic) bond motifs is 1. The molecule has 0 saturated carbocycles. The average Bonchev–Trinajstić information content (AvgIpc) is 3.25. The normalized spacial score (nSPS) is 18.1. The van der Waals surface area contributed by atoms with E-state index >= 15 is 0 Å². The van der Waals surface area contributed by atoms with Gasteiger partial charge >= 0.3 is 6.18 Å². The van der Waals surface area contributed by atoms with Crippen LogP contribution < -0.4 is 5.48 Å². The molecule has 2 N–H and O–H groups in total. The lowest BCUT2D eigenvalue weighted by Crippen LogP contribution is -2.44. The minimum absolute atomic E-state index is 0.197. The quantitative estimate of drug-likeness (QED) is 0.343. The number of carbonyl (C=O) groups is 1. The van der Waals surface area contributed by atoms with Crippen molar-refractivity contribution in [2.24, 2.45) is 0 Å². The van der Waals surface area contributed by atoms with Crippen LogP contribution in [0.2, 0.25) is 0 Å². The van der Waals surface area contributed by atoms with Crippen LogP contribution in [0.1, 0.15) is 37.8 Å². The van der Waals surface area contributed by atoms with Crippen LogP contribution in [0.3, 0.4) is 0 Å². The molecule has 1 aliphatic carbocycles. The van der Waals surface area contributed by atoms with Gasteiger partial charge in [-0.25, -0.2) is 14.9 Å². The second kappa shape index (κ2) is 7.72.